The molecule has 0 bridgehead atoms. The summed E-state index contributed by atoms with van der Waals surface area (Å²) >= 11 is 1.37. The van der Waals surface area contributed by atoms with E-state index in [9.17, 15) is 4.79 Å². The quantitative estimate of drug-likeness (QED) is 0.130. The number of hydrogen-bond donors (Lipinski definition) is 0. The summed E-state index contributed by atoms with van der Waals surface area (Å²) in [5.74, 6) is 0.628. The Labute approximate surface area is 235 Å². The maximum Gasteiger partial charge on any atom is 0.345 e. The van der Waals surface area contributed by atoms with Crippen molar-refractivity contribution in [3.8, 4) is 0 Å². The Morgan fingerprint density at radius 3 is 2.05 bits per heavy atom. The predicted octanol–water partition coefficient (Wildman–Crippen LogP) is 7.59. The SMILES string of the molecule is C/C(=N/N=C1/SC(=Nc2ccccc2)C(=Nc2ccccc2)N1c1ccccc1)c1cc2ccccc2oc1=O. The number of hydrogen-bond acceptors (Lipinski definition) is 7. The van der Waals surface area contributed by atoms with E-state index in [1.54, 1.807) is 19.1 Å². The molecule has 0 unspecified atom stereocenters. The first-order chi connectivity index (χ1) is 19.7. The summed E-state index contributed by atoms with van der Waals surface area (Å²) in [7, 11) is 0. The van der Waals surface area contributed by atoms with Gasteiger partial charge in [-0.25, -0.2) is 14.8 Å². The maximum atomic E-state index is 12.7. The molecule has 7 nitrogen and oxygen atoms in total. The molecular weight excluding hydrogens is 518 g/mol. The molecule has 0 radical (unpaired) electrons. The minimum atomic E-state index is -0.461. The van der Waals surface area contributed by atoms with Crippen molar-refractivity contribution in [2.45, 2.75) is 6.92 Å². The highest BCUT2D eigenvalue weighted by Crippen LogP contribution is 2.33. The van der Waals surface area contributed by atoms with Crippen molar-refractivity contribution in [1.29, 1.82) is 0 Å². The van der Waals surface area contributed by atoms with Gasteiger partial charge in [-0.15, -0.1) is 5.10 Å². The van der Waals surface area contributed by atoms with Crippen LogP contribution < -0.4 is 10.5 Å². The molecule has 6 rings (SSSR count). The van der Waals surface area contributed by atoms with Crippen LogP contribution in [0, 0.1) is 0 Å². The van der Waals surface area contributed by atoms with Gasteiger partial charge in [0.15, 0.2) is 5.84 Å². The molecule has 0 spiro atoms. The van der Waals surface area contributed by atoms with Crippen LogP contribution in [0.15, 0.2) is 151 Å². The van der Waals surface area contributed by atoms with E-state index in [0.29, 0.717) is 32.9 Å². The third-order valence-electron chi connectivity index (χ3n) is 6.09. The number of aliphatic imine (C=N–C) groups is 2. The molecule has 5 aromatic rings. The molecule has 1 aliphatic heterocycles. The van der Waals surface area contributed by atoms with Crippen molar-refractivity contribution in [3.05, 3.63) is 137 Å². The molecule has 1 fully saturated rings. The number of para-hydroxylation sites is 4. The van der Waals surface area contributed by atoms with Gasteiger partial charge in [0.2, 0.25) is 5.17 Å². The lowest BCUT2D eigenvalue weighted by molar-refractivity contribution is 0.559. The Bertz CT molecular complexity index is 1850. The van der Waals surface area contributed by atoms with Crippen LogP contribution >= 0.6 is 11.8 Å². The van der Waals surface area contributed by atoms with E-state index < -0.39 is 5.63 Å². The maximum absolute atomic E-state index is 12.7. The van der Waals surface area contributed by atoms with Gasteiger partial charge in [-0.2, -0.15) is 5.10 Å². The Morgan fingerprint density at radius 2 is 1.35 bits per heavy atom. The summed E-state index contributed by atoms with van der Waals surface area (Å²) < 4.78 is 5.50. The molecule has 1 aliphatic rings. The fraction of sp³-hybridized carbons (Fsp3) is 0.0312. The smallest absolute Gasteiger partial charge is 0.345 e. The fourth-order valence-corrected chi connectivity index (χ4v) is 5.06. The van der Waals surface area contributed by atoms with Crippen molar-refractivity contribution in [3.63, 3.8) is 0 Å². The largest absolute Gasteiger partial charge is 0.422 e. The molecule has 4 aromatic carbocycles. The highest BCUT2D eigenvalue weighted by atomic mass is 32.2. The second-order valence-corrected chi connectivity index (χ2v) is 9.81. The van der Waals surface area contributed by atoms with Crippen LogP contribution in [0.25, 0.3) is 11.0 Å². The number of benzene rings is 4. The summed E-state index contributed by atoms with van der Waals surface area (Å²) in [5.41, 5.74) is 3.31. The van der Waals surface area contributed by atoms with Gasteiger partial charge in [0.05, 0.1) is 22.6 Å². The minimum Gasteiger partial charge on any atom is -0.422 e. The Kier molecular flexibility index (Phi) is 7.15. The van der Waals surface area contributed by atoms with Crippen LogP contribution in [0.2, 0.25) is 0 Å². The summed E-state index contributed by atoms with van der Waals surface area (Å²) in [4.78, 5) is 24.5. The van der Waals surface area contributed by atoms with Gasteiger partial charge in [0.1, 0.15) is 10.6 Å². The first-order valence-corrected chi connectivity index (χ1v) is 13.4. The molecule has 0 atom stereocenters. The minimum absolute atomic E-state index is 0.355. The zero-order valence-electron chi connectivity index (χ0n) is 21.5. The van der Waals surface area contributed by atoms with E-state index >= 15 is 0 Å². The summed E-state index contributed by atoms with van der Waals surface area (Å²) in [6.45, 7) is 1.75. The third kappa shape index (κ3) is 5.39. The van der Waals surface area contributed by atoms with Crippen molar-refractivity contribution >= 4 is 61.6 Å². The molecule has 40 heavy (non-hydrogen) atoms. The average molecular weight is 542 g/mol. The highest BCUT2D eigenvalue weighted by Gasteiger charge is 2.35. The van der Waals surface area contributed by atoms with Crippen LogP contribution in [-0.4, -0.2) is 21.8 Å². The van der Waals surface area contributed by atoms with Crippen LogP contribution in [-0.2, 0) is 0 Å². The number of rotatable bonds is 5. The highest BCUT2D eigenvalue weighted by molar-refractivity contribution is 8.29. The molecule has 1 saturated heterocycles. The summed E-state index contributed by atoms with van der Waals surface area (Å²) in [6.07, 6.45) is 0. The summed E-state index contributed by atoms with van der Waals surface area (Å²) in [5, 5.41) is 11.1. The Balaban J connectivity index is 1.48. The molecule has 1 aromatic heterocycles. The van der Waals surface area contributed by atoms with Gasteiger partial charge in [-0.3, -0.25) is 4.90 Å². The molecular formula is C32H23N5O2S. The van der Waals surface area contributed by atoms with Gasteiger partial charge in [0.25, 0.3) is 0 Å². The van der Waals surface area contributed by atoms with Gasteiger partial charge in [0, 0.05) is 11.1 Å². The molecule has 0 saturated carbocycles. The van der Waals surface area contributed by atoms with Crippen molar-refractivity contribution in [2.24, 2.45) is 20.2 Å². The second kappa shape index (κ2) is 11.3. The van der Waals surface area contributed by atoms with Crippen LogP contribution in [0.5, 0.6) is 0 Å². The number of amidine groups is 2. The number of anilines is 1. The molecule has 8 heteroatoms. The average Bonchev–Trinajstić information content (AvgIpc) is 3.33. The lowest BCUT2D eigenvalue weighted by Gasteiger charge is -2.17. The standard InChI is InChI=1S/C32H23N5O2S/c1-22(27-21-23-13-11-12-20-28(23)39-31(27)38)35-36-32-37(26-18-9-4-10-19-26)29(33-24-14-5-2-6-15-24)30(40-32)34-25-16-7-3-8-17-25/h2-21H,1H3/b33-29?,34-30?,35-22-,36-32+. The summed E-state index contributed by atoms with van der Waals surface area (Å²) in [6, 6.07) is 38.4. The zero-order valence-corrected chi connectivity index (χ0v) is 22.3. The lowest BCUT2D eigenvalue weighted by atomic mass is 10.1. The van der Waals surface area contributed by atoms with E-state index in [4.69, 9.17) is 14.4 Å². The second-order valence-electron chi connectivity index (χ2n) is 8.85. The van der Waals surface area contributed by atoms with E-state index in [0.717, 1.165) is 22.4 Å². The predicted molar refractivity (Wildman–Crippen MR) is 166 cm³/mol. The van der Waals surface area contributed by atoms with Crippen molar-refractivity contribution in [1.82, 2.24) is 0 Å². The third-order valence-corrected chi connectivity index (χ3v) is 7.01. The van der Waals surface area contributed by atoms with E-state index in [1.807, 2.05) is 114 Å². The van der Waals surface area contributed by atoms with Crippen LogP contribution in [0.3, 0.4) is 0 Å². The van der Waals surface area contributed by atoms with Gasteiger partial charge >= 0.3 is 5.63 Å². The van der Waals surface area contributed by atoms with Gasteiger partial charge in [-0.05, 0) is 67.2 Å². The number of nitrogens with zero attached hydrogens (tertiary/aromatic N) is 5. The fourth-order valence-electron chi connectivity index (χ4n) is 4.14. The monoisotopic (exact) mass is 541 g/mol. The first kappa shape index (κ1) is 25.2. The first-order valence-electron chi connectivity index (χ1n) is 12.6. The number of thioether (sulfide) groups is 1. The lowest BCUT2D eigenvalue weighted by Crippen LogP contribution is -2.30. The van der Waals surface area contributed by atoms with Crippen molar-refractivity contribution < 1.29 is 4.42 Å². The zero-order chi connectivity index (χ0) is 27.3. The number of fused-ring (bicyclic) bond motifs is 1. The van der Waals surface area contributed by atoms with E-state index in [2.05, 4.69) is 10.2 Å². The van der Waals surface area contributed by atoms with Crippen LogP contribution in [0.4, 0.5) is 17.1 Å². The molecule has 194 valence electrons. The topological polar surface area (TPSA) is 82.9 Å². The van der Waals surface area contributed by atoms with Gasteiger partial charge < -0.3 is 4.42 Å². The van der Waals surface area contributed by atoms with Gasteiger partial charge in [-0.1, -0.05) is 72.8 Å². The molecule has 0 aliphatic carbocycles. The van der Waals surface area contributed by atoms with E-state index in [-0.39, 0.29) is 0 Å². The molecule has 0 N–H and O–H groups in total. The molecule has 0 amide bonds. The van der Waals surface area contributed by atoms with Crippen molar-refractivity contribution in [2.75, 3.05) is 4.90 Å². The van der Waals surface area contributed by atoms with Crippen LogP contribution in [0.1, 0.15) is 12.5 Å². The van der Waals surface area contributed by atoms with E-state index in [1.165, 1.54) is 11.8 Å². The Morgan fingerprint density at radius 1 is 0.750 bits per heavy atom. The Hall–Kier alpha value is -5.08. The normalized spacial score (nSPS) is 16.9. The molecule has 2 heterocycles.